The van der Waals surface area contributed by atoms with E-state index in [4.69, 9.17) is 9.47 Å². The van der Waals surface area contributed by atoms with Crippen LogP contribution >= 0.6 is 24.0 Å². The molecule has 1 heterocycles. The summed E-state index contributed by atoms with van der Waals surface area (Å²) in [7, 11) is 1.81. The average molecular weight is 497 g/mol. The molecule has 2 aromatic carbocycles. The zero-order valence-corrected chi connectivity index (χ0v) is 19.1. The Morgan fingerprint density at radius 1 is 1.18 bits per heavy atom. The van der Waals surface area contributed by atoms with Crippen LogP contribution in [0.4, 0.5) is 0 Å². The summed E-state index contributed by atoms with van der Waals surface area (Å²) in [6.07, 6.45) is 3.35. The molecule has 0 bridgehead atoms. The van der Waals surface area contributed by atoms with E-state index in [0.717, 1.165) is 51.6 Å². The minimum Gasteiger partial charge on any atom is -0.381 e. The topological polar surface area (TPSA) is 54.9 Å². The largest absolute Gasteiger partial charge is 0.381 e. The number of fused-ring (bicyclic) bond motifs is 1. The van der Waals surface area contributed by atoms with Gasteiger partial charge in [0.25, 0.3) is 0 Å². The lowest BCUT2D eigenvalue weighted by Gasteiger charge is -2.22. The molecule has 6 heteroatoms. The molecule has 2 N–H and O–H groups in total. The molecular formula is C22H32IN3O2. The van der Waals surface area contributed by atoms with Crippen molar-refractivity contribution in [1.29, 1.82) is 0 Å². The highest BCUT2D eigenvalue weighted by Crippen LogP contribution is 2.20. The summed E-state index contributed by atoms with van der Waals surface area (Å²) in [6.45, 7) is 5.42. The Kier molecular flexibility index (Phi) is 10.0. The molecular weight excluding hydrogens is 465 g/mol. The Morgan fingerprint density at radius 2 is 1.93 bits per heavy atom. The van der Waals surface area contributed by atoms with Gasteiger partial charge in [-0.1, -0.05) is 36.4 Å². The Morgan fingerprint density at radius 3 is 2.68 bits per heavy atom. The van der Waals surface area contributed by atoms with Gasteiger partial charge in [0.05, 0.1) is 12.1 Å². The number of hydrogen-bond acceptors (Lipinski definition) is 3. The first-order chi connectivity index (χ1) is 13.3. The van der Waals surface area contributed by atoms with Crippen LogP contribution in [0, 0.1) is 0 Å². The molecule has 0 amide bonds. The molecule has 1 saturated heterocycles. The normalized spacial score (nSPS) is 16.4. The second-order valence-corrected chi connectivity index (χ2v) is 7.01. The molecule has 1 fully saturated rings. The van der Waals surface area contributed by atoms with Gasteiger partial charge in [0.2, 0.25) is 0 Å². The number of guanidine groups is 1. The second kappa shape index (κ2) is 12.2. The molecule has 1 atom stereocenters. The maximum atomic E-state index is 5.91. The number of ether oxygens (including phenoxy) is 2. The van der Waals surface area contributed by atoms with Gasteiger partial charge in [0.1, 0.15) is 0 Å². The van der Waals surface area contributed by atoms with Crippen LogP contribution in [0.15, 0.2) is 47.5 Å². The van der Waals surface area contributed by atoms with Crippen LogP contribution in [0.3, 0.4) is 0 Å². The number of halogens is 1. The lowest BCUT2D eigenvalue weighted by molar-refractivity contribution is -0.0320. The Bertz CT molecular complexity index is 747. The van der Waals surface area contributed by atoms with Crippen LogP contribution in [0.2, 0.25) is 0 Å². The van der Waals surface area contributed by atoms with Crippen molar-refractivity contribution in [3.05, 3.63) is 48.0 Å². The van der Waals surface area contributed by atoms with Crippen LogP contribution in [0.25, 0.3) is 10.8 Å². The van der Waals surface area contributed by atoms with E-state index >= 15 is 0 Å². The van der Waals surface area contributed by atoms with E-state index in [1.165, 1.54) is 16.3 Å². The highest BCUT2D eigenvalue weighted by Gasteiger charge is 2.13. The van der Waals surface area contributed by atoms with Crippen LogP contribution in [-0.4, -0.2) is 45.5 Å². The lowest BCUT2D eigenvalue weighted by Crippen LogP contribution is -2.39. The van der Waals surface area contributed by atoms with E-state index in [-0.39, 0.29) is 30.0 Å². The van der Waals surface area contributed by atoms with E-state index < -0.39 is 0 Å². The Hall–Kier alpha value is -1.38. The second-order valence-electron chi connectivity index (χ2n) is 7.01. The third-order valence-electron chi connectivity index (χ3n) is 4.99. The summed E-state index contributed by atoms with van der Waals surface area (Å²) in [5, 5.41) is 9.37. The molecule has 0 aromatic heterocycles. The zero-order chi connectivity index (χ0) is 18.9. The molecule has 28 heavy (non-hydrogen) atoms. The number of hydrogen-bond donors (Lipinski definition) is 2. The van der Waals surface area contributed by atoms with Crippen molar-refractivity contribution >= 4 is 40.7 Å². The van der Waals surface area contributed by atoms with Crippen molar-refractivity contribution in [3.63, 3.8) is 0 Å². The SMILES string of the molecule is CN=C(NCCCOC1CCOCC1)NC(C)c1ccc2ccccc2c1.I. The van der Waals surface area contributed by atoms with Gasteiger partial charge in [-0.3, -0.25) is 4.99 Å². The van der Waals surface area contributed by atoms with E-state index in [2.05, 4.69) is 65.0 Å². The zero-order valence-electron chi connectivity index (χ0n) is 16.8. The third-order valence-corrected chi connectivity index (χ3v) is 4.99. The summed E-state index contributed by atoms with van der Waals surface area (Å²) in [4.78, 5) is 4.34. The summed E-state index contributed by atoms with van der Waals surface area (Å²) < 4.78 is 11.3. The maximum Gasteiger partial charge on any atom is 0.191 e. The molecule has 1 aliphatic rings. The number of nitrogens with one attached hydrogen (secondary N) is 2. The molecule has 1 unspecified atom stereocenters. The number of rotatable bonds is 7. The molecule has 0 saturated carbocycles. The molecule has 2 aromatic rings. The highest BCUT2D eigenvalue weighted by atomic mass is 127. The molecule has 1 aliphatic heterocycles. The predicted molar refractivity (Wildman–Crippen MR) is 127 cm³/mol. The maximum absolute atomic E-state index is 5.91. The van der Waals surface area contributed by atoms with Crippen molar-refractivity contribution < 1.29 is 9.47 Å². The number of nitrogens with zero attached hydrogens (tertiary/aromatic N) is 1. The number of benzene rings is 2. The molecule has 3 rings (SSSR count). The van der Waals surface area contributed by atoms with Gasteiger partial charge in [-0.15, -0.1) is 24.0 Å². The summed E-state index contributed by atoms with van der Waals surface area (Å²) in [5.74, 6) is 0.821. The standard InChI is InChI=1S/C22H31N3O2.HI/c1-17(19-9-8-18-6-3-4-7-20(18)16-19)25-22(23-2)24-12-5-13-27-21-10-14-26-15-11-21;/h3-4,6-9,16-17,21H,5,10-15H2,1-2H3,(H2,23,24,25);1H. The van der Waals surface area contributed by atoms with Crippen molar-refractivity contribution in [2.45, 2.75) is 38.3 Å². The van der Waals surface area contributed by atoms with E-state index in [1.807, 2.05) is 0 Å². The van der Waals surface area contributed by atoms with Crippen molar-refractivity contribution in [2.75, 3.05) is 33.4 Å². The van der Waals surface area contributed by atoms with E-state index in [9.17, 15) is 0 Å². The molecule has 5 nitrogen and oxygen atoms in total. The van der Waals surface area contributed by atoms with Gasteiger partial charge in [0.15, 0.2) is 5.96 Å². The first kappa shape index (κ1) is 22.9. The molecule has 0 radical (unpaired) electrons. The van der Waals surface area contributed by atoms with Crippen molar-refractivity contribution in [1.82, 2.24) is 10.6 Å². The molecule has 0 aliphatic carbocycles. The fourth-order valence-corrected chi connectivity index (χ4v) is 3.33. The average Bonchev–Trinajstić information content (AvgIpc) is 2.73. The van der Waals surface area contributed by atoms with Crippen LogP contribution in [-0.2, 0) is 9.47 Å². The summed E-state index contributed by atoms with van der Waals surface area (Å²) in [6, 6.07) is 15.2. The van der Waals surface area contributed by atoms with Crippen LogP contribution < -0.4 is 10.6 Å². The van der Waals surface area contributed by atoms with Gasteiger partial charge in [0, 0.05) is 33.4 Å². The minimum absolute atomic E-state index is 0. The van der Waals surface area contributed by atoms with Gasteiger partial charge in [-0.2, -0.15) is 0 Å². The van der Waals surface area contributed by atoms with Crippen molar-refractivity contribution in [3.8, 4) is 0 Å². The van der Waals surface area contributed by atoms with Crippen molar-refractivity contribution in [2.24, 2.45) is 4.99 Å². The van der Waals surface area contributed by atoms with Crippen LogP contribution in [0.1, 0.15) is 37.8 Å². The highest BCUT2D eigenvalue weighted by molar-refractivity contribution is 14.0. The fourth-order valence-electron chi connectivity index (χ4n) is 3.33. The van der Waals surface area contributed by atoms with E-state index in [0.29, 0.717) is 6.10 Å². The smallest absolute Gasteiger partial charge is 0.191 e. The lowest BCUT2D eigenvalue weighted by atomic mass is 10.0. The Balaban J connectivity index is 0.00000280. The molecule has 0 spiro atoms. The van der Waals surface area contributed by atoms with Crippen LogP contribution in [0.5, 0.6) is 0 Å². The minimum atomic E-state index is 0. The first-order valence-electron chi connectivity index (χ1n) is 9.91. The van der Waals surface area contributed by atoms with Gasteiger partial charge >= 0.3 is 0 Å². The third kappa shape index (κ3) is 6.90. The number of aliphatic imine (C=N–C) groups is 1. The first-order valence-corrected chi connectivity index (χ1v) is 9.91. The van der Waals surface area contributed by atoms with Gasteiger partial charge in [-0.25, -0.2) is 0 Å². The summed E-state index contributed by atoms with van der Waals surface area (Å²) >= 11 is 0. The summed E-state index contributed by atoms with van der Waals surface area (Å²) in [5.41, 5.74) is 1.25. The van der Waals surface area contributed by atoms with Gasteiger partial charge < -0.3 is 20.1 Å². The predicted octanol–water partition coefficient (Wildman–Crippen LogP) is 4.27. The van der Waals surface area contributed by atoms with E-state index in [1.54, 1.807) is 7.05 Å². The monoisotopic (exact) mass is 497 g/mol. The molecule has 154 valence electrons. The fraction of sp³-hybridized carbons (Fsp3) is 0.500. The van der Waals surface area contributed by atoms with Gasteiger partial charge in [-0.05, 0) is 48.6 Å². The quantitative estimate of drug-likeness (QED) is 0.260. The Labute approximate surface area is 185 Å².